The van der Waals surface area contributed by atoms with Gasteiger partial charge in [-0.05, 0) is 50.2 Å². The Morgan fingerprint density at radius 1 is 1.14 bits per heavy atom. The van der Waals surface area contributed by atoms with Gasteiger partial charge in [0.05, 0.1) is 30.3 Å². The predicted octanol–water partition coefficient (Wildman–Crippen LogP) is 4.57. The van der Waals surface area contributed by atoms with Crippen molar-refractivity contribution < 1.29 is 41.0 Å². The summed E-state index contributed by atoms with van der Waals surface area (Å²) in [5.41, 5.74) is -1.47. The highest BCUT2D eigenvalue weighted by Crippen LogP contribution is 2.33. The molecule has 0 radical (unpaired) electrons. The highest BCUT2D eigenvalue weighted by Gasteiger charge is 2.32. The molecule has 0 aliphatic heterocycles. The summed E-state index contributed by atoms with van der Waals surface area (Å²) in [4.78, 5) is 29.3. The van der Waals surface area contributed by atoms with E-state index in [0.29, 0.717) is 10.7 Å². The number of methoxy groups -OCH3 is 1. The van der Waals surface area contributed by atoms with E-state index >= 15 is 0 Å². The van der Waals surface area contributed by atoms with Crippen LogP contribution in [0.25, 0.3) is 10.9 Å². The van der Waals surface area contributed by atoms with Crippen molar-refractivity contribution in [2.24, 2.45) is 4.99 Å². The zero-order chi connectivity index (χ0) is 27.3. The largest absolute Gasteiger partial charge is 0.448 e. The van der Waals surface area contributed by atoms with Crippen LogP contribution in [0.2, 0.25) is 0 Å². The van der Waals surface area contributed by atoms with Crippen LogP contribution in [-0.2, 0) is 15.7 Å². The molecule has 3 aromatic rings. The molecule has 0 unspecified atom stereocenters. The van der Waals surface area contributed by atoms with Crippen LogP contribution < -0.4 is 10.6 Å². The van der Waals surface area contributed by atoms with Crippen molar-refractivity contribution in [1.82, 2.24) is 15.1 Å². The number of fused-ring (bicyclic) bond motifs is 1. The smallest absolute Gasteiger partial charge is 0.435 e. The number of hydrogen-bond acceptors (Lipinski definition) is 6. The molecular formula is C23H22F5N5O4. The van der Waals surface area contributed by atoms with Gasteiger partial charge in [-0.25, -0.2) is 18.6 Å². The van der Waals surface area contributed by atoms with Crippen molar-refractivity contribution in [1.29, 1.82) is 0 Å². The van der Waals surface area contributed by atoms with Crippen LogP contribution in [-0.4, -0.2) is 54.1 Å². The number of aliphatic imine (C=N–C) groups is 1. The van der Waals surface area contributed by atoms with E-state index in [-0.39, 0.29) is 41.5 Å². The van der Waals surface area contributed by atoms with Gasteiger partial charge >= 0.3 is 12.3 Å². The van der Waals surface area contributed by atoms with Gasteiger partial charge < -0.3 is 14.8 Å². The Balaban J connectivity index is 2.04. The number of ether oxygens (including phenoxy) is 2. The van der Waals surface area contributed by atoms with Gasteiger partial charge in [0.2, 0.25) is 5.96 Å². The van der Waals surface area contributed by atoms with Crippen LogP contribution in [0, 0.1) is 11.6 Å². The SMILES string of the molecule is CCOC(=O)n1nc(NC(=N[C@@H](C)COC)NC(=O)c2ccc(F)c(F)c2)c2ccc(C(F)(F)F)cc21. The molecule has 1 atom stereocenters. The van der Waals surface area contributed by atoms with Crippen molar-refractivity contribution in [2.75, 3.05) is 25.6 Å². The molecule has 0 aliphatic carbocycles. The number of amides is 1. The van der Waals surface area contributed by atoms with Gasteiger partial charge in [0, 0.05) is 18.1 Å². The van der Waals surface area contributed by atoms with E-state index in [1.54, 1.807) is 6.92 Å². The Bertz CT molecular complexity index is 1340. The number of carbonyl (C=O) groups excluding carboxylic acids is 2. The van der Waals surface area contributed by atoms with Crippen LogP contribution >= 0.6 is 0 Å². The Morgan fingerprint density at radius 2 is 1.86 bits per heavy atom. The molecule has 1 aromatic heterocycles. The maximum absolute atomic E-state index is 13.6. The highest BCUT2D eigenvalue weighted by molar-refractivity contribution is 6.12. The van der Waals surface area contributed by atoms with Crippen LogP contribution in [0.4, 0.5) is 32.6 Å². The molecule has 2 N–H and O–H groups in total. The number of nitrogens with zero attached hydrogens (tertiary/aromatic N) is 3. The maximum Gasteiger partial charge on any atom is 0.435 e. The van der Waals surface area contributed by atoms with E-state index in [1.165, 1.54) is 14.0 Å². The molecule has 0 bridgehead atoms. The standard InChI is InChI=1S/C23H22F5N5O4/c1-4-37-22(35)33-18-10-14(23(26,27)28)6-7-15(18)19(32-33)30-21(29-12(2)11-36-3)31-20(34)13-5-8-16(24)17(25)9-13/h5-10,12H,4,11H2,1-3H3,(H2,29,30,31,32,34)/t12-/m0/s1. The van der Waals surface area contributed by atoms with Crippen LogP contribution in [0.5, 0.6) is 0 Å². The normalized spacial score (nSPS) is 12.9. The fourth-order valence-electron chi connectivity index (χ4n) is 3.23. The first-order chi connectivity index (χ1) is 17.4. The van der Waals surface area contributed by atoms with Gasteiger partial charge in [0.1, 0.15) is 0 Å². The van der Waals surface area contributed by atoms with Gasteiger partial charge in [0.25, 0.3) is 5.91 Å². The summed E-state index contributed by atoms with van der Waals surface area (Å²) < 4.78 is 77.3. The Morgan fingerprint density at radius 3 is 2.49 bits per heavy atom. The molecule has 1 heterocycles. The molecule has 9 nitrogen and oxygen atoms in total. The molecule has 0 spiro atoms. The van der Waals surface area contributed by atoms with Gasteiger partial charge in [-0.15, -0.1) is 5.10 Å². The van der Waals surface area contributed by atoms with Gasteiger partial charge in [-0.2, -0.15) is 17.9 Å². The first-order valence-electron chi connectivity index (χ1n) is 10.8. The number of nitrogens with one attached hydrogen (secondary N) is 2. The summed E-state index contributed by atoms with van der Waals surface area (Å²) in [7, 11) is 1.42. The number of aromatic nitrogens is 2. The molecule has 198 valence electrons. The Kier molecular flexibility index (Phi) is 8.42. The molecular weight excluding hydrogens is 505 g/mol. The lowest BCUT2D eigenvalue weighted by molar-refractivity contribution is -0.137. The van der Waals surface area contributed by atoms with E-state index < -0.39 is 41.4 Å². The molecule has 14 heteroatoms. The highest BCUT2D eigenvalue weighted by atomic mass is 19.4. The summed E-state index contributed by atoms with van der Waals surface area (Å²) in [5, 5.41) is 9.18. The lowest BCUT2D eigenvalue weighted by atomic mass is 10.1. The number of benzene rings is 2. The number of hydrogen-bond donors (Lipinski definition) is 2. The van der Waals surface area contributed by atoms with Crippen LogP contribution in [0.3, 0.4) is 0 Å². The van der Waals surface area contributed by atoms with Gasteiger partial charge in [-0.1, -0.05) is 0 Å². The maximum atomic E-state index is 13.6. The molecule has 2 aromatic carbocycles. The monoisotopic (exact) mass is 527 g/mol. The fourth-order valence-corrected chi connectivity index (χ4v) is 3.23. The molecule has 1 amide bonds. The zero-order valence-corrected chi connectivity index (χ0v) is 19.8. The van der Waals surface area contributed by atoms with E-state index in [1.807, 2.05) is 0 Å². The Labute approximate surface area is 207 Å². The summed E-state index contributed by atoms with van der Waals surface area (Å²) in [6.45, 7) is 3.21. The Hall–Kier alpha value is -4.07. The minimum Gasteiger partial charge on any atom is -0.448 e. The quantitative estimate of drug-likeness (QED) is 0.276. The molecule has 37 heavy (non-hydrogen) atoms. The molecule has 3 rings (SSSR count). The van der Waals surface area contributed by atoms with Crippen molar-refractivity contribution in [3.8, 4) is 0 Å². The molecule has 0 saturated carbocycles. The lowest BCUT2D eigenvalue weighted by Gasteiger charge is -2.13. The predicted molar refractivity (Wildman–Crippen MR) is 123 cm³/mol. The lowest BCUT2D eigenvalue weighted by Crippen LogP contribution is -2.37. The number of rotatable bonds is 6. The minimum absolute atomic E-state index is 0.0621. The number of alkyl halides is 3. The summed E-state index contributed by atoms with van der Waals surface area (Å²) in [5.74, 6) is -3.64. The summed E-state index contributed by atoms with van der Waals surface area (Å²) >= 11 is 0. The number of guanidine groups is 1. The van der Waals surface area contributed by atoms with Crippen LogP contribution in [0.15, 0.2) is 41.4 Å². The number of anilines is 1. The van der Waals surface area contributed by atoms with Crippen molar-refractivity contribution in [3.05, 3.63) is 59.2 Å². The summed E-state index contributed by atoms with van der Waals surface area (Å²) in [6, 6.07) is 4.60. The molecule has 0 saturated heterocycles. The first-order valence-corrected chi connectivity index (χ1v) is 10.8. The van der Waals surface area contributed by atoms with E-state index in [0.717, 1.165) is 30.3 Å². The summed E-state index contributed by atoms with van der Waals surface area (Å²) in [6.07, 6.45) is -5.72. The minimum atomic E-state index is -4.69. The molecule has 0 aliphatic rings. The van der Waals surface area contributed by atoms with Crippen molar-refractivity contribution >= 4 is 34.7 Å². The molecule has 0 fully saturated rings. The average molecular weight is 527 g/mol. The van der Waals surface area contributed by atoms with Gasteiger partial charge in [0.15, 0.2) is 17.5 Å². The topological polar surface area (TPSA) is 107 Å². The average Bonchev–Trinajstić information content (AvgIpc) is 3.18. The van der Waals surface area contributed by atoms with Gasteiger partial charge in [-0.3, -0.25) is 10.1 Å². The second-order valence-electron chi connectivity index (χ2n) is 7.68. The second-order valence-corrected chi connectivity index (χ2v) is 7.68. The fraction of sp³-hybridized carbons (Fsp3) is 0.304. The van der Waals surface area contributed by atoms with Crippen LogP contribution in [0.1, 0.15) is 29.8 Å². The van der Waals surface area contributed by atoms with Crippen molar-refractivity contribution in [3.63, 3.8) is 0 Å². The van der Waals surface area contributed by atoms with Crippen molar-refractivity contribution in [2.45, 2.75) is 26.1 Å². The van der Waals surface area contributed by atoms with E-state index in [9.17, 15) is 31.5 Å². The second kappa shape index (κ2) is 11.3. The third-order valence-corrected chi connectivity index (χ3v) is 4.86. The van der Waals surface area contributed by atoms with E-state index in [4.69, 9.17) is 9.47 Å². The first kappa shape index (κ1) is 27.5. The number of carbonyl (C=O) groups is 2. The van der Waals surface area contributed by atoms with E-state index in [2.05, 4.69) is 20.7 Å². The number of halogens is 5. The third kappa shape index (κ3) is 6.58. The zero-order valence-electron chi connectivity index (χ0n) is 19.8. The third-order valence-electron chi connectivity index (χ3n) is 4.86.